The summed E-state index contributed by atoms with van der Waals surface area (Å²) in [5.74, 6) is -1.51. The van der Waals surface area contributed by atoms with Gasteiger partial charge in [0.25, 0.3) is 0 Å². The van der Waals surface area contributed by atoms with Gasteiger partial charge in [0.15, 0.2) is 11.6 Å². The van der Waals surface area contributed by atoms with Crippen molar-refractivity contribution in [2.45, 2.75) is 50.7 Å². The smallest absolute Gasteiger partial charge is 0.163 e. The van der Waals surface area contributed by atoms with Crippen LogP contribution in [0, 0.1) is 11.6 Å². The second-order valence-corrected chi connectivity index (χ2v) is 6.79. The van der Waals surface area contributed by atoms with E-state index in [0.29, 0.717) is 24.2 Å². The van der Waals surface area contributed by atoms with Crippen molar-refractivity contribution in [3.8, 4) is 0 Å². The first-order chi connectivity index (χ1) is 11.2. The van der Waals surface area contributed by atoms with Crippen molar-refractivity contribution in [2.75, 3.05) is 26.2 Å². The molecule has 1 N–H and O–H groups in total. The lowest BCUT2D eigenvalue weighted by Crippen LogP contribution is -2.56. The summed E-state index contributed by atoms with van der Waals surface area (Å²) < 4.78 is 27.2. The Morgan fingerprint density at radius 1 is 1.13 bits per heavy atom. The molecular formula is C18H26F2N2O. The Balaban J connectivity index is 1.65. The standard InChI is InChI=1S/C18H26F2N2O/c19-17-7-3-4-14(18(17)20)12-21-9-10-22(15-5-1-2-6-15)16(13-21)8-11-23/h3-4,7,15-16,23H,1-2,5-6,8-13H2/t16-/m0/s1. The van der Waals surface area contributed by atoms with Gasteiger partial charge in [0, 0.05) is 50.4 Å². The van der Waals surface area contributed by atoms with Crippen LogP contribution in [0.3, 0.4) is 0 Å². The highest BCUT2D eigenvalue weighted by Crippen LogP contribution is 2.28. The van der Waals surface area contributed by atoms with E-state index >= 15 is 0 Å². The summed E-state index contributed by atoms with van der Waals surface area (Å²) in [5.41, 5.74) is 0.419. The van der Waals surface area contributed by atoms with Gasteiger partial charge < -0.3 is 5.11 Å². The lowest BCUT2D eigenvalue weighted by molar-refractivity contribution is 0.0263. The van der Waals surface area contributed by atoms with E-state index in [-0.39, 0.29) is 6.61 Å². The van der Waals surface area contributed by atoms with Crippen LogP contribution in [0.15, 0.2) is 18.2 Å². The zero-order valence-corrected chi connectivity index (χ0v) is 13.6. The number of piperazine rings is 1. The van der Waals surface area contributed by atoms with Gasteiger partial charge in [-0.05, 0) is 25.3 Å². The Morgan fingerprint density at radius 3 is 2.65 bits per heavy atom. The third-order valence-electron chi connectivity index (χ3n) is 5.29. The Labute approximate surface area is 136 Å². The van der Waals surface area contributed by atoms with Crippen molar-refractivity contribution in [3.05, 3.63) is 35.4 Å². The highest BCUT2D eigenvalue weighted by molar-refractivity contribution is 5.19. The molecule has 1 saturated carbocycles. The van der Waals surface area contributed by atoms with Crippen molar-refractivity contribution in [1.82, 2.24) is 9.80 Å². The fourth-order valence-corrected chi connectivity index (χ4v) is 4.11. The summed E-state index contributed by atoms with van der Waals surface area (Å²) in [6.07, 6.45) is 5.84. The van der Waals surface area contributed by atoms with Crippen LogP contribution in [0.25, 0.3) is 0 Å². The molecule has 0 bridgehead atoms. The topological polar surface area (TPSA) is 26.7 Å². The van der Waals surface area contributed by atoms with Crippen molar-refractivity contribution >= 4 is 0 Å². The molecule has 1 aliphatic heterocycles. The molecule has 128 valence electrons. The number of hydrogen-bond donors (Lipinski definition) is 1. The van der Waals surface area contributed by atoms with Crippen molar-refractivity contribution in [2.24, 2.45) is 0 Å². The zero-order chi connectivity index (χ0) is 16.2. The highest BCUT2D eigenvalue weighted by Gasteiger charge is 2.33. The SMILES string of the molecule is OCC[C@H]1CN(Cc2cccc(F)c2F)CCN1C1CCCC1. The maximum absolute atomic E-state index is 13.9. The van der Waals surface area contributed by atoms with Crippen molar-refractivity contribution in [1.29, 1.82) is 0 Å². The lowest BCUT2D eigenvalue weighted by atomic mass is 10.0. The first kappa shape index (κ1) is 16.8. The van der Waals surface area contributed by atoms with E-state index in [1.165, 1.54) is 25.7 Å². The van der Waals surface area contributed by atoms with Crippen LogP contribution in [-0.4, -0.2) is 53.2 Å². The monoisotopic (exact) mass is 324 g/mol. The molecule has 1 saturated heterocycles. The van der Waals surface area contributed by atoms with Crippen molar-refractivity contribution < 1.29 is 13.9 Å². The van der Waals surface area contributed by atoms with Crippen LogP contribution >= 0.6 is 0 Å². The van der Waals surface area contributed by atoms with Crippen molar-refractivity contribution in [3.63, 3.8) is 0 Å². The fourth-order valence-electron chi connectivity index (χ4n) is 4.11. The first-order valence-corrected chi connectivity index (χ1v) is 8.71. The number of halogens is 2. The highest BCUT2D eigenvalue weighted by atomic mass is 19.2. The normalized spacial score (nSPS) is 24.4. The molecule has 1 aliphatic carbocycles. The Hall–Kier alpha value is -1.04. The van der Waals surface area contributed by atoms with Crippen LogP contribution in [0.1, 0.15) is 37.7 Å². The van der Waals surface area contributed by atoms with E-state index in [1.54, 1.807) is 12.1 Å². The van der Waals surface area contributed by atoms with Gasteiger partial charge in [0.2, 0.25) is 0 Å². The van der Waals surface area contributed by atoms with Gasteiger partial charge in [-0.2, -0.15) is 0 Å². The molecule has 23 heavy (non-hydrogen) atoms. The number of aliphatic hydroxyl groups is 1. The van der Waals surface area contributed by atoms with Crippen LogP contribution in [0.4, 0.5) is 8.78 Å². The molecule has 0 radical (unpaired) electrons. The maximum Gasteiger partial charge on any atom is 0.163 e. The maximum atomic E-state index is 13.9. The quantitative estimate of drug-likeness (QED) is 0.902. The second kappa shape index (κ2) is 7.69. The average molecular weight is 324 g/mol. The molecule has 0 aromatic heterocycles. The Bertz CT molecular complexity index is 520. The van der Waals surface area contributed by atoms with Crippen LogP contribution in [-0.2, 0) is 6.54 Å². The molecule has 2 fully saturated rings. The number of nitrogens with zero attached hydrogens (tertiary/aromatic N) is 2. The van der Waals surface area contributed by atoms with Crippen LogP contribution in [0.5, 0.6) is 0 Å². The van der Waals surface area contributed by atoms with E-state index in [2.05, 4.69) is 9.80 Å². The van der Waals surface area contributed by atoms with Gasteiger partial charge in [-0.25, -0.2) is 8.78 Å². The Kier molecular flexibility index (Phi) is 5.62. The van der Waals surface area contributed by atoms with Gasteiger partial charge in [-0.1, -0.05) is 25.0 Å². The number of rotatable bonds is 5. The third-order valence-corrected chi connectivity index (χ3v) is 5.29. The minimum absolute atomic E-state index is 0.177. The van der Waals surface area contributed by atoms with E-state index < -0.39 is 11.6 Å². The van der Waals surface area contributed by atoms with Gasteiger partial charge in [0.05, 0.1) is 0 Å². The van der Waals surface area contributed by atoms with Gasteiger partial charge in [-0.3, -0.25) is 9.80 Å². The summed E-state index contributed by atoms with van der Waals surface area (Å²) in [6, 6.07) is 5.33. The van der Waals surface area contributed by atoms with Gasteiger partial charge >= 0.3 is 0 Å². The molecule has 3 rings (SSSR count). The van der Waals surface area contributed by atoms with Crippen LogP contribution < -0.4 is 0 Å². The number of hydrogen-bond acceptors (Lipinski definition) is 3. The fraction of sp³-hybridized carbons (Fsp3) is 0.667. The lowest BCUT2D eigenvalue weighted by Gasteiger charge is -2.44. The molecule has 1 atom stereocenters. The summed E-state index contributed by atoms with van der Waals surface area (Å²) in [7, 11) is 0. The predicted octanol–water partition coefficient (Wildman–Crippen LogP) is 2.78. The van der Waals surface area contributed by atoms with Crippen LogP contribution in [0.2, 0.25) is 0 Å². The minimum atomic E-state index is -0.779. The third kappa shape index (κ3) is 3.90. The number of benzene rings is 1. The molecule has 0 unspecified atom stereocenters. The minimum Gasteiger partial charge on any atom is -0.396 e. The molecule has 1 aromatic carbocycles. The predicted molar refractivity (Wildman–Crippen MR) is 86.1 cm³/mol. The average Bonchev–Trinajstić information content (AvgIpc) is 3.07. The molecule has 5 heteroatoms. The van der Waals surface area contributed by atoms with Gasteiger partial charge in [-0.15, -0.1) is 0 Å². The second-order valence-electron chi connectivity index (χ2n) is 6.79. The van der Waals surface area contributed by atoms with Gasteiger partial charge in [0.1, 0.15) is 0 Å². The van der Waals surface area contributed by atoms with E-state index in [4.69, 9.17) is 0 Å². The Morgan fingerprint density at radius 2 is 1.91 bits per heavy atom. The van der Waals surface area contributed by atoms with E-state index in [9.17, 15) is 13.9 Å². The molecule has 2 aliphatic rings. The molecule has 3 nitrogen and oxygen atoms in total. The summed E-state index contributed by atoms with van der Waals surface area (Å²) in [6.45, 7) is 3.24. The molecule has 1 heterocycles. The zero-order valence-electron chi connectivity index (χ0n) is 13.6. The van der Waals surface area contributed by atoms with E-state index in [1.807, 2.05) is 0 Å². The van der Waals surface area contributed by atoms with E-state index in [0.717, 1.165) is 32.1 Å². The molecule has 0 amide bonds. The molecule has 0 spiro atoms. The number of aliphatic hydroxyl groups excluding tert-OH is 1. The molecular weight excluding hydrogens is 298 g/mol. The molecule has 1 aromatic rings. The largest absolute Gasteiger partial charge is 0.396 e. The summed E-state index contributed by atoms with van der Waals surface area (Å²) >= 11 is 0. The summed E-state index contributed by atoms with van der Waals surface area (Å²) in [5, 5.41) is 9.38. The first-order valence-electron chi connectivity index (χ1n) is 8.71. The summed E-state index contributed by atoms with van der Waals surface area (Å²) in [4.78, 5) is 4.73.